The van der Waals surface area contributed by atoms with E-state index in [0.29, 0.717) is 0 Å². The van der Waals surface area contributed by atoms with E-state index < -0.39 is 126 Å². The number of phosphoric acid groups is 2. The van der Waals surface area contributed by atoms with Crippen LogP contribution in [0.15, 0.2) is 37.2 Å². The maximum Gasteiger partial charge on any atom is 0.478 e. The van der Waals surface area contributed by atoms with E-state index in [4.69, 9.17) is 36.9 Å². The Morgan fingerprint density at radius 1 is 1.00 bits per heavy atom. The van der Waals surface area contributed by atoms with E-state index in [9.17, 15) is 63.3 Å². The third-order valence-corrected chi connectivity index (χ3v) is 11.9. The first-order chi connectivity index (χ1) is 29.9. The molecule has 2 aliphatic rings. The van der Waals surface area contributed by atoms with Gasteiger partial charge in [-0.3, -0.25) is 37.6 Å². The highest BCUT2D eigenvalue weighted by Crippen LogP contribution is 2.58. The average molecular weight is 971 g/mol. The molecule has 5 rings (SSSR count). The van der Waals surface area contributed by atoms with Crippen molar-refractivity contribution in [1.82, 2.24) is 30.2 Å². The fourth-order valence-electron chi connectivity index (χ4n) is 5.73. The molecule has 2 fully saturated rings. The SMILES string of the molecule is NC(=O)c1ccc[n+]([C@@H]2O[C@H](COP(=O)([O-])OP(=O)(O)OC[C@H]3O[C@@H](n4cnc5c(N)ncnc54)[C@H](O)[C@@H]3O)[C@@H](O)[C@H]2O)c1.N[C@@H](CCC(=O)N[C@@H](CS)C(=O)NCC(=O)O)C(=O)O. The van der Waals surface area contributed by atoms with Gasteiger partial charge in [0, 0.05) is 18.2 Å². The predicted molar refractivity (Wildman–Crippen MR) is 208 cm³/mol. The van der Waals surface area contributed by atoms with Crippen molar-refractivity contribution in [1.29, 1.82) is 0 Å². The fraction of sp³-hybridized carbons (Fsp3) is 0.516. The molecule has 30 nitrogen and oxygen atoms in total. The third kappa shape index (κ3) is 13.8. The Morgan fingerprint density at radius 2 is 1.66 bits per heavy atom. The maximum atomic E-state index is 12.4. The Bertz CT molecular complexity index is 2260. The smallest absolute Gasteiger partial charge is 0.478 e. The number of carbonyl (C=O) groups is 5. The number of pyridine rings is 1. The summed E-state index contributed by atoms with van der Waals surface area (Å²) in [6.45, 7) is -2.45. The van der Waals surface area contributed by atoms with Crippen molar-refractivity contribution in [2.75, 3.05) is 31.2 Å². The van der Waals surface area contributed by atoms with Gasteiger partial charge in [0.25, 0.3) is 20.0 Å². The summed E-state index contributed by atoms with van der Waals surface area (Å²) >= 11 is 3.87. The lowest BCUT2D eigenvalue weighted by Gasteiger charge is -2.26. The second kappa shape index (κ2) is 22.4. The molecule has 12 atom stereocenters. The predicted octanol–water partition coefficient (Wildman–Crippen LogP) is -5.85. The summed E-state index contributed by atoms with van der Waals surface area (Å²) in [6.07, 6.45) is -7.29. The monoisotopic (exact) mass is 970 g/mol. The Balaban J connectivity index is 0.000000379. The molecule has 2 aliphatic heterocycles. The van der Waals surface area contributed by atoms with E-state index in [-0.39, 0.29) is 41.1 Å². The zero-order chi connectivity index (χ0) is 47.7. The molecule has 3 aromatic rings. The number of ether oxygens (including phenoxy) is 2. The number of nitrogens with one attached hydrogen (secondary N) is 2. The fourth-order valence-corrected chi connectivity index (χ4v) is 8.04. The molecule has 33 heteroatoms. The van der Waals surface area contributed by atoms with E-state index >= 15 is 0 Å². The molecule has 2 saturated heterocycles. The van der Waals surface area contributed by atoms with Gasteiger partial charge >= 0.3 is 19.8 Å². The van der Waals surface area contributed by atoms with Crippen molar-refractivity contribution in [3.8, 4) is 0 Å². The Morgan fingerprint density at radius 3 is 2.30 bits per heavy atom. The number of fused-ring (bicyclic) bond motifs is 1. The average Bonchev–Trinajstić information content (AvgIpc) is 3.88. The summed E-state index contributed by atoms with van der Waals surface area (Å²) < 4.78 is 51.5. The van der Waals surface area contributed by atoms with Crippen LogP contribution in [-0.2, 0) is 51.1 Å². The highest BCUT2D eigenvalue weighted by molar-refractivity contribution is 7.80. The first-order valence-corrected chi connectivity index (χ1v) is 21.8. The minimum Gasteiger partial charge on any atom is -0.756 e. The van der Waals surface area contributed by atoms with Gasteiger partial charge in [0.2, 0.25) is 11.8 Å². The first-order valence-electron chi connectivity index (χ1n) is 18.2. The normalized spacial score (nSPS) is 25.8. The van der Waals surface area contributed by atoms with Gasteiger partial charge in [0.1, 0.15) is 66.6 Å². The highest BCUT2D eigenvalue weighted by Gasteiger charge is 2.49. The van der Waals surface area contributed by atoms with Gasteiger partial charge in [-0.25, -0.2) is 23.8 Å². The van der Waals surface area contributed by atoms with Crippen molar-refractivity contribution < 1.29 is 101 Å². The molecule has 0 aromatic carbocycles. The number of nitrogens with zero attached hydrogens (tertiary/aromatic N) is 5. The van der Waals surface area contributed by atoms with Gasteiger partial charge < -0.3 is 82.3 Å². The first kappa shape index (κ1) is 51.8. The molecule has 0 spiro atoms. The summed E-state index contributed by atoms with van der Waals surface area (Å²) in [5.41, 5.74) is 16.6. The Kier molecular flexibility index (Phi) is 18.1. The molecule has 3 aromatic heterocycles. The van der Waals surface area contributed by atoms with Crippen LogP contribution in [0, 0.1) is 0 Å². The van der Waals surface area contributed by atoms with Crippen LogP contribution in [0.25, 0.3) is 11.2 Å². The number of aromatic nitrogens is 5. The number of thiol groups is 1. The van der Waals surface area contributed by atoms with Crippen molar-refractivity contribution in [2.45, 2.75) is 74.0 Å². The van der Waals surface area contributed by atoms with Crippen LogP contribution >= 0.6 is 28.3 Å². The molecule has 3 amide bonds. The van der Waals surface area contributed by atoms with Crippen LogP contribution < -0.4 is 37.3 Å². The number of aliphatic carboxylic acids is 2. The summed E-state index contributed by atoms with van der Waals surface area (Å²) in [6, 6.07) is 0.666. The number of carboxylic acid groups (broad SMARTS) is 2. The molecule has 64 heavy (non-hydrogen) atoms. The van der Waals surface area contributed by atoms with Gasteiger partial charge in [-0.15, -0.1) is 0 Å². The molecule has 5 heterocycles. The van der Waals surface area contributed by atoms with Crippen molar-refractivity contribution in [2.24, 2.45) is 11.5 Å². The van der Waals surface area contributed by atoms with E-state index in [1.807, 2.05) is 0 Å². The number of hydrogen-bond acceptors (Lipinski definition) is 23. The summed E-state index contributed by atoms with van der Waals surface area (Å²) in [7, 11) is -11.0. The largest absolute Gasteiger partial charge is 0.756 e. The lowest BCUT2D eigenvalue weighted by molar-refractivity contribution is -0.765. The van der Waals surface area contributed by atoms with Crippen LogP contribution in [-0.4, -0.2) is 159 Å². The molecule has 2 unspecified atom stereocenters. The number of amides is 3. The second-order valence-corrected chi connectivity index (χ2v) is 16.9. The second-order valence-electron chi connectivity index (χ2n) is 13.6. The summed E-state index contributed by atoms with van der Waals surface area (Å²) in [4.78, 5) is 89.3. The topological polar surface area (TPSA) is 480 Å². The number of aliphatic hydroxyl groups excluding tert-OH is 4. The highest BCUT2D eigenvalue weighted by atomic mass is 32.1. The van der Waals surface area contributed by atoms with Crippen LogP contribution in [0.3, 0.4) is 0 Å². The Hall–Kier alpha value is -4.82. The van der Waals surface area contributed by atoms with E-state index in [1.165, 1.54) is 40.0 Å². The van der Waals surface area contributed by atoms with E-state index in [1.54, 1.807) is 0 Å². The zero-order valence-corrected chi connectivity index (χ0v) is 35.4. The van der Waals surface area contributed by atoms with Gasteiger partial charge in [0.05, 0.1) is 19.5 Å². The van der Waals surface area contributed by atoms with Crippen molar-refractivity contribution >= 4 is 74.9 Å². The number of anilines is 1. The molecule has 0 bridgehead atoms. The Labute approximate surface area is 364 Å². The number of carbonyl (C=O) groups excluding carboxylic acids is 3. The number of rotatable bonds is 20. The molecule has 354 valence electrons. The van der Waals surface area contributed by atoms with E-state index in [0.717, 1.165) is 6.33 Å². The molecular formula is C31H44N10O20P2S. The maximum absolute atomic E-state index is 12.4. The van der Waals surface area contributed by atoms with Crippen LogP contribution in [0.5, 0.6) is 0 Å². The lowest BCUT2D eigenvalue weighted by atomic mass is 10.1. The van der Waals surface area contributed by atoms with Gasteiger partial charge in [-0.2, -0.15) is 17.2 Å². The number of imidazole rings is 1. The van der Waals surface area contributed by atoms with Crippen LogP contribution in [0.4, 0.5) is 5.82 Å². The standard InChI is InChI=1S/C21H27N7O14P2.C10H17N3O6S/c22-17-12-19(25-7-24-17)28(8-26-12)21-16(32)14(30)11(41-21)6-39-44(36,37)42-43(34,35)38-5-10-13(29)15(31)20(40-10)27-3-1-2-9(4-27)18(23)33;11-5(10(18)19)1-2-7(14)13-6(4-20)9(17)12-3-8(15)16/h1-4,7-8,10-11,13-16,20-21,29-32H,5-6H2,(H5-,22,23,24,25,33,34,35,36,37);5-6,20H,1-4,11H2,(H,12,17)(H,13,14)(H,15,16)(H,18,19)/t10-,11-,13-,14-,15-,16-,20-,21-;5-,6-/m10/s1. The lowest BCUT2D eigenvalue weighted by Crippen LogP contribution is -2.49. The van der Waals surface area contributed by atoms with Crippen molar-refractivity contribution in [3.05, 3.63) is 42.7 Å². The van der Waals surface area contributed by atoms with Gasteiger partial charge in [-0.1, -0.05) is 0 Å². The van der Waals surface area contributed by atoms with Crippen LogP contribution in [0.1, 0.15) is 35.7 Å². The van der Waals surface area contributed by atoms with Gasteiger partial charge in [-0.05, 0) is 12.5 Å². The zero-order valence-electron chi connectivity index (χ0n) is 32.7. The number of nitrogen functional groups attached to an aromatic ring is 1. The number of phosphoric ester groups is 2. The number of primary amides is 1. The van der Waals surface area contributed by atoms with Gasteiger partial charge in [0.15, 0.2) is 36.2 Å². The number of hydrogen-bond donors (Lipinski definition) is 13. The van der Waals surface area contributed by atoms with E-state index in [2.05, 4.69) is 51.6 Å². The molecule has 0 saturated carbocycles. The molecule has 0 aliphatic carbocycles. The van der Waals surface area contributed by atoms with Crippen LogP contribution in [0.2, 0.25) is 0 Å². The minimum atomic E-state index is -5.62. The van der Waals surface area contributed by atoms with Crippen molar-refractivity contribution in [3.63, 3.8) is 0 Å². The number of aliphatic hydroxyl groups is 4. The summed E-state index contributed by atoms with van der Waals surface area (Å²) in [5, 5.41) is 62.9. The summed E-state index contributed by atoms with van der Waals surface area (Å²) in [5.74, 6) is -4.43. The third-order valence-electron chi connectivity index (χ3n) is 8.99. The molecule has 0 radical (unpaired) electrons. The molecule has 15 N–H and O–H groups in total. The number of carboxylic acids is 2. The quantitative estimate of drug-likeness (QED) is 0.0285. The number of nitrogens with two attached hydrogens (primary N) is 3. The minimum absolute atomic E-state index is 0.0256. The molecular weight excluding hydrogens is 926 g/mol.